The number of esters is 1. The summed E-state index contributed by atoms with van der Waals surface area (Å²) in [6, 6.07) is 8.66. The lowest BCUT2D eigenvalue weighted by atomic mass is 10.1. The maximum Gasteiger partial charge on any atom is 0.338 e. The minimum absolute atomic E-state index is 0.335. The van der Waals surface area contributed by atoms with Crippen LogP contribution in [0, 0.1) is 0 Å². The Balaban J connectivity index is 1.54. The average Bonchev–Trinajstić information content (AvgIpc) is 3.31. The molecular weight excluding hydrogens is 402 g/mol. The summed E-state index contributed by atoms with van der Waals surface area (Å²) in [5, 5.41) is 7.47. The van der Waals surface area contributed by atoms with E-state index >= 15 is 0 Å². The van der Waals surface area contributed by atoms with Crippen LogP contribution >= 0.6 is 15.9 Å². The van der Waals surface area contributed by atoms with Crippen LogP contribution in [-0.4, -0.2) is 31.1 Å². The lowest BCUT2D eigenvalue weighted by Gasteiger charge is -2.11. The topological polar surface area (TPSA) is 107 Å². The number of carbonyl (C=O) groups excluding carboxylic acids is 1. The second-order valence-corrected chi connectivity index (χ2v) is 6.43. The van der Waals surface area contributed by atoms with Crippen molar-refractivity contribution in [2.45, 2.75) is 13.0 Å². The molecule has 4 aromatic rings. The first-order valence-electron chi connectivity index (χ1n) is 7.69. The largest absolute Gasteiger partial charge is 0.451 e. The van der Waals surface area contributed by atoms with E-state index in [0.29, 0.717) is 28.5 Å². The highest BCUT2D eigenvalue weighted by Crippen LogP contribution is 2.22. The van der Waals surface area contributed by atoms with Crippen LogP contribution in [-0.2, 0) is 4.74 Å². The number of hydrogen-bond acceptors (Lipinski definition) is 7. The van der Waals surface area contributed by atoms with Gasteiger partial charge >= 0.3 is 5.97 Å². The van der Waals surface area contributed by atoms with E-state index in [1.54, 1.807) is 37.4 Å². The van der Waals surface area contributed by atoms with Gasteiger partial charge in [0.15, 0.2) is 11.8 Å². The van der Waals surface area contributed by atoms with Crippen LogP contribution < -0.4 is 0 Å². The highest BCUT2D eigenvalue weighted by molar-refractivity contribution is 9.10. The van der Waals surface area contributed by atoms with Gasteiger partial charge in [0.2, 0.25) is 12.3 Å². The molecule has 1 N–H and O–H groups in total. The quantitative estimate of drug-likeness (QED) is 0.508. The molecule has 0 saturated heterocycles. The van der Waals surface area contributed by atoms with Gasteiger partial charge in [0.1, 0.15) is 5.82 Å². The van der Waals surface area contributed by atoms with Crippen LogP contribution in [0.15, 0.2) is 51.8 Å². The number of benzene rings is 1. The first-order chi connectivity index (χ1) is 12.6. The van der Waals surface area contributed by atoms with E-state index in [2.05, 4.69) is 41.1 Å². The van der Waals surface area contributed by atoms with Crippen LogP contribution in [0.25, 0.3) is 22.6 Å². The summed E-state index contributed by atoms with van der Waals surface area (Å²) in [6.07, 6.45) is 2.32. The number of halogens is 1. The van der Waals surface area contributed by atoms with E-state index in [1.165, 1.54) is 6.39 Å². The van der Waals surface area contributed by atoms with E-state index in [9.17, 15) is 4.79 Å². The zero-order valence-corrected chi connectivity index (χ0v) is 15.1. The summed E-state index contributed by atoms with van der Waals surface area (Å²) in [5.41, 5.74) is 2.34. The van der Waals surface area contributed by atoms with E-state index < -0.39 is 12.1 Å². The predicted octanol–water partition coefficient (Wildman–Crippen LogP) is 3.69. The number of carbonyl (C=O) groups is 1. The number of imidazole rings is 1. The molecule has 130 valence electrons. The number of nitrogens with zero attached hydrogens (tertiary/aromatic N) is 4. The Morgan fingerprint density at radius 1 is 1.35 bits per heavy atom. The summed E-state index contributed by atoms with van der Waals surface area (Å²) in [6.45, 7) is 1.74. The number of ether oxygens (including phenoxy) is 1. The van der Waals surface area contributed by atoms with Gasteiger partial charge in [0.05, 0.1) is 11.1 Å². The number of aromatic nitrogens is 5. The zero-order valence-electron chi connectivity index (χ0n) is 13.5. The summed E-state index contributed by atoms with van der Waals surface area (Å²) in [7, 11) is 0. The molecule has 0 aliphatic heterocycles. The number of H-pyrrole nitrogens is 1. The summed E-state index contributed by atoms with van der Waals surface area (Å²) in [4.78, 5) is 24.1. The SMILES string of the molecule is C[C@@H](OC(=O)c1cccc(-c2nnco2)c1)c1nc2ncc(Br)cc2[nH]1. The monoisotopic (exact) mass is 413 g/mol. The van der Waals surface area contributed by atoms with Crippen LogP contribution in [0.4, 0.5) is 0 Å². The fraction of sp³-hybridized carbons (Fsp3) is 0.118. The lowest BCUT2D eigenvalue weighted by molar-refractivity contribution is 0.0322. The minimum atomic E-state index is -0.567. The molecule has 0 amide bonds. The van der Waals surface area contributed by atoms with E-state index in [-0.39, 0.29) is 0 Å². The van der Waals surface area contributed by atoms with Gasteiger partial charge in [-0.05, 0) is 47.1 Å². The van der Waals surface area contributed by atoms with Crippen molar-refractivity contribution < 1.29 is 13.9 Å². The molecule has 8 nitrogen and oxygen atoms in total. The van der Waals surface area contributed by atoms with Gasteiger partial charge in [0, 0.05) is 16.2 Å². The first-order valence-corrected chi connectivity index (χ1v) is 8.48. The molecular formula is C17H12BrN5O3. The molecule has 1 atom stereocenters. The van der Waals surface area contributed by atoms with Gasteiger partial charge in [-0.2, -0.15) is 0 Å². The van der Waals surface area contributed by atoms with Crippen LogP contribution in [0.3, 0.4) is 0 Å². The molecule has 0 radical (unpaired) electrons. The molecule has 0 bridgehead atoms. The molecule has 9 heteroatoms. The fourth-order valence-corrected chi connectivity index (χ4v) is 2.78. The van der Waals surface area contributed by atoms with Crippen molar-refractivity contribution in [2.75, 3.05) is 0 Å². The van der Waals surface area contributed by atoms with Crippen molar-refractivity contribution in [3.63, 3.8) is 0 Å². The summed E-state index contributed by atoms with van der Waals surface area (Å²) >= 11 is 3.36. The molecule has 0 unspecified atom stereocenters. The van der Waals surface area contributed by atoms with E-state index in [4.69, 9.17) is 9.15 Å². The zero-order chi connectivity index (χ0) is 18.1. The van der Waals surface area contributed by atoms with Crippen LogP contribution in [0.5, 0.6) is 0 Å². The predicted molar refractivity (Wildman–Crippen MR) is 95.2 cm³/mol. The second kappa shape index (κ2) is 6.68. The van der Waals surface area contributed by atoms with Crippen LogP contribution in [0.1, 0.15) is 29.2 Å². The molecule has 1 aromatic carbocycles. The molecule has 3 heterocycles. The lowest BCUT2D eigenvalue weighted by Crippen LogP contribution is -2.10. The Morgan fingerprint density at radius 2 is 2.23 bits per heavy atom. The third-order valence-electron chi connectivity index (χ3n) is 3.70. The van der Waals surface area contributed by atoms with Crippen LogP contribution in [0.2, 0.25) is 0 Å². The molecule has 0 aliphatic carbocycles. The molecule has 3 aromatic heterocycles. The van der Waals surface area contributed by atoms with E-state index in [0.717, 1.165) is 9.99 Å². The third-order valence-corrected chi connectivity index (χ3v) is 4.13. The van der Waals surface area contributed by atoms with Gasteiger partial charge in [-0.3, -0.25) is 0 Å². The van der Waals surface area contributed by atoms with Gasteiger partial charge in [-0.1, -0.05) is 6.07 Å². The van der Waals surface area contributed by atoms with Gasteiger partial charge in [-0.15, -0.1) is 10.2 Å². The number of pyridine rings is 1. The second-order valence-electron chi connectivity index (χ2n) is 5.52. The molecule has 0 spiro atoms. The van der Waals surface area contributed by atoms with Gasteiger partial charge < -0.3 is 14.1 Å². The maximum absolute atomic E-state index is 12.5. The van der Waals surface area contributed by atoms with Crippen molar-refractivity contribution in [3.8, 4) is 11.5 Å². The van der Waals surface area contributed by atoms with Crippen molar-refractivity contribution in [3.05, 3.63) is 58.8 Å². The molecule has 0 saturated carbocycles. The fourth-order valence-electron chi connectivity index (χ4n) is 2.45. The smallest absolute Gasteiger partial charge is 0.338 e. The number of aromatic amines is 1. The number of hydrogen-bond donors (Lipinski definition) is 1. The van der Waals surface area contributed by atoms with Crippen molar-refractivity contribution in [1.82, 2.24) is 25.1 Å². The Labute approximate surface area is 155 Å². The number of nitrogens with one attached hydrogen (secondary N) is 1. The maximum atomic E-state index is 12.5. The standard InChI is InChI=1S/C17H12BrN5O3/c1-9(14-21-13-6-12(18)7-19-15(13)22-14)26-17(24)11-4-2-3-10(5-11)16-23-20-8-25-16/h2-9H,1H3,(H,19,21,22)/t9-/m1/s1. The summed E-state index contributed by atoms with van der Waals surface area (Å²) in [5.74, 6) is 0.377. The van der Waals surface area contributed by atoms with Gasteiger partial charge in [-0.25, -0.2) is 14.8 Å². The Kier molecular flexibility index (Phi) is 4.21. The first kappa shape index (κ1) is 16.4. The van der Waals surface area contributed by atoms with Crippen molar-refractivity contribution in [2.24, 2.45) is 0 Å². The molecule has 0 fully saturated rings. The highest BCUT2D eigenvalue weighted by Gasteiger charge is 2.18. The Morgan fingerprint density at radius 3 is 3.04 bits per heavy atom. The Bertz CT molecular complexity index is 1080. The molecule has 0 aliphatic rings. The third kappa shape index (κ3) is 3.21. The normalized spacial score (nSPS) is 12.2. The molecule has 4 rings (SSSR count). The van der Waals surface area contributed by atoms with Crippen molar-refractivity contribution >= 4 is 33.1 Å². The van der Waals surface area contributed by atoms with Crippen molar-refractivity contribution in [1.29, 1.82) is 0 Å². The average molecular weight is 414 g/mol. The summed E-state index contributed by atoms with van der Waals surface area (Å²) < 4.78 is 11.5. The number of fused-ring (bicyclic) bond motifs is 1. The number of rotatable bonds is 4. The Hall–Kier alpha value is -3.07. The van der Waals surface area contributed by atoms with E-state index in [1.807, 2.05) is 6.07 Å². The van der Waals surface area contributed by atoms with Gasteiger partial charge in [0.25, 0.3) is 0 Å². The molecule has 26 heavy (non-hydrogen) atoms. The minimum Gasteiger partial charge on any atom is -0.451 e. The highest BCUT2D eigenvalue weighted by atomic mass is 79.9.